The molecular weight excluding hydrogens is 214 g/mol. The van der Waals surface area contributed by atoms with Crippen molar-refractivity contribution < 1.29 is 9.90 Å². The molecule has 0 saturated heterocycles. The molecule has 0 aliphatic carbocycles. The van der Waals surface area contributed by atoms with Crippen LogP contribution in [0.1, 0.15) is 31.0 Å². The number of carboxylic acid groups (broad SMARTS) is 1. The van der Waals surface area contributed by atoms with E-state index in [2.05, 4.69) is 18.7 Å². The van der Waals surface area contributed by atoms with Crippen LogP contribution >= 0.6 is 0 Å². The summed E-state index contributed by atoms with van der Waals surface area (Å²) in [5, 5.41) is 9.43. The van der Waals surface area contributed by atoms with E-state index in [4.69, 9.17) is 0 Å². The third-order valence-corrected chi connectivity index (χ3v) is 3.22. The zero-order valence-corrected chi connectivity index (χ0v) is 10.4. The molecule has 3 nitrogen and oxygen atoms in total. The summed E-state index contributed by atoms with van der Waals surface area (Å²) in [6.45, 7) is 5.93. The van der Waals surface area contributed by atoms with E-state index in [9.17, 15) is 9.90 Å². The Morgan fingerprint density at radius 1 is 1.47 bits per heavy atom. The molecule has 0 aromatic heterocycles. The first-order valence-corrected chi connectivity index (χ1v) is 6.14. The van der Waals surface area contributed by atoms with Gasteiger partial charge < -0.3 is 5.11 Å². The summed E-state index contributed by atoms with van der Waals surface area (Å²) in [6.07, 6.45) is 0.951. The van der Waals surface area contributed by atoms with Gasteiger partial charge >= 0.3 is 5.97 Å². The van der Waals surface area contributed by atoms with E-state index in [1.165, 1.54) is 5.56 Å². The summed E-state index contributed by atoms with van der Waals surface area (Å²) < 4.78 is 0. The number of benzene rings is 1. The maximum absolute atomic E-state index is 11.5. The van der Waals surface area contributed by atoms with Crippen LogP contribution in [-0.2, 0) is 11.2 Å². The SMILES string of the molecule is CC(C)CN1CCc2ccccc2C1C(=O)O. The fourth-order valence-electron chi connectivity index (χ4n) is 2.57. The van der Waals surface area contributed by atoms with Crippen LogP contribution in [0.3, 0.4) is 0 Å². The molecule has 1 heterocycles. The fraction of sp³-hybridized carbons (Fsp3) is 0.500. The number of aliphatic carboxylic acids is 1. The highest BCUT2D eigenvalue weighted by molar-refractivity contribution is 5.76. The van der Waals surface area contributed by atoms with E-state index in [0.29, 0.717) is 5.92 Å². The summed E-state index contributed by atoms with van der Waals surface area (Å²) in [5.41, 5.74) is 2.15. The lowest BCUT2D eigenvalue weighted by atomic mass is 9.92. The molecule has 1 aromatic rings. The molecule has 3 heteroatoms. The summed E-state index contributed by atoms with van der Waals surface area (Å²) >= 11 is 0. The normalized spacial score (nSPS) is 20.3. The summed E-state index contributed by atoms with van der Waals surface area (Å²) in [7, 11) is 0. The van der Waals surface area contributed by atoms with Gasteiger partial charge in [0.05, 0.1) is 0 Å². The average molecular weight is 233 g/mol. The van der Waals surface area contributed by atoms with Crippen molar-refractivity contribution in [1.29, 1.82) is 0 Å². The monoisotopic (exact) mass is 233 g/mol. The Labute approximate surface area is 102 Å². The van der Waals surface area contributed by atoms with Gasteiger partial charge in [0.1, 0.15) is 6.04 Å². The van der Waals surface area contributed by atoms with E-state index in [1.807, 2.05) is 24.3 Å². The Morgan fingerprint density at radius 2 is 2.18 bits per heavy atom. The smallest absolute Gasteiger partial charge is 0.325 e. The van der Waals surface area contributed by atoms with E-state index in [-0.39, 0.29) is 0 Å². The van der Waals surface area contributed by atoms with E-state index in [1.54, 1.807) is 0 Å². The quantitative estimate of drug-likeness (QED) is 0.871. The van der Waals surface area contributed by atoms with Crippen LogP contribution in [-0.4, -0.2) is 29.1 Å². The van der Waals surface area contributed by atoms with Gasteiger partial charge in [0.2, 0.25) is 0 Å². The molecule has 92 valence electrons. The Kier molecular flexibility index (Phi) is 3.48. The number of carboxylic acids is 1. The molecule has 1 aliphatic heterocycles. The second kappa shape index (κ2) is 4.88. The molecule has 0 radical (unpaired) electrons. The van der Waals surface area contributed by atoms with Crippen LogP contribution in [0.25, 0.3) is 0 Å². The van der Waals surface area contributed by atoms with Crippen LogP contribution in [0, 0.1) is 5.92 Å². The first-order chi connectivity index (χ1) is 8.09. The van der Waals surface area contributed by atoms with Crippen molar-refractivity contribution in [2.75, 3.05) is 13.1 Å². The first-order valence-electron chi connectivity index (χ1n) is 6.14. The maximum atomic E-state index is 11.5. The second-order valence-electron chi connectivity index (χ2n) is 5.08. The molecule has 0 fully saturated rings. The lowest BCUT2D eigenvalue weighted by Gasteiger charge is -2.35. The summed E-state index contributed by atoms with van der Waals surface area (Å²) in [5.74, 6) is -0.250. The van der Waals surface area contributed by atoms with E-state index < -0.39 is 12.0 Å². The molecule has 0 spiro atoms. The highest BCUT2D eigenvalue weighted by atomic mass is 16.4. The minimum absolute atomic E-state index is 0.470. The van der Waals surface area contributed by atoms with Crippen LogP contribution in [0.5, 0.6) is 0 Å². The Balaban J connectivity index is 2.32. The number of fused-ring (bicyclic) bond motifs is 1. The number of rotatable bonds is 3. The highest BCUT2D eigenvalue weighted by Crippen LogP contribution is 2.30. The van der Waals surface area contributed by atoms with Crippen LogP contribution in [0.2, 0.25) is 0 Å². The average Bonchev–Trinajstić information content (AvgIpc) is 2.27. The van der Waals surface area contributed by atoms with Gasteiger partial charge in [0.15, 0.2) is 0 Å². The van der Waals surface area contributed by atoms with E-state index >= 15 is 0 Å². The number of nitrogens with zero attached hydrogens (tertiary/aromatic N) is 1. The van der Waals surface area contributed by atoms with E-state index in [0.717, 1.165) is 25.1 Å². The van der Waals surface area contributed by atoms with Crippen LogP contribution in [0.4, 0.5) is 0 Å². The van der Waals surface area contributed by atoms with Gasteiger partial charge in [0, 0.05) is 13.1 Å². The zero-order valence-electron chi connectivity index (χ0n) is 10.4. The minimum atomic E-state index is -0.738. The molecule has 1 aliphatic rings. The summed E-state index contributed by atoms with van der Waals surface area (Å²) in [6, 6.07) is 7.42. The van der Waals surface area contributed by atoms with Crippen LogP contribution < -0.4 is 0 Å². The molecular formula is C14H19NO2. The molecule has 1 N–H and O–H groups in total. The maximum Gasteiger partial charge on any atom is 0.325 e. The van der Waals surface area contributed by atoms with Gasteiger partial charge in [-0.3, -0.25) is 9.69 Å². The molecule has 1 unspecified atom stereocenters. The molecule has 2 rings (SSSR count). The number of hydrogen-bond acceptors (Lipinski definition) is 2. The zero-order chi connectivity index (χ0) is 12.4. The largest absolute Gasteiger partial charge is 0.480 e. The minimum Gasteiger partial charge on any atom is -0.480 e. The van der Waals surface area contributed by atoms with Crippen molar-refractivity contribution in [1.82, 2.24) is 4.90 Å². The van der Waals surface area contributed by atoms with Gasteiger partial charge in [-0.2, -0.15) is 0 Å². The van der Waals surface area contributed by atoms with Crippen molar-refractivity contribution >= 4 is 5.97 Å². The Hall–Kier alpha value is -1.35. The van der Waals surface area contributed by atoms with Gasteiger partial charge in [-0.25, -0.2) is 0 Å². The van der Waals surface area contributed by atoms with Gasteiger partial charge in [0.25, 0.3) is 0 Å². The molecule has 0 bridgehead atoms. The van der Waals surface area contributed by atoms with Crippen molar-refractivity contribution in [3.05, 3.63) is 35.4 Å². The first kappa shape index (κ1) is 12.1. The Bertz CT molecular complexity index is 414. The lowest BCUT2D eigenvalue weighted by molar-refractivity contribution is -0.144. The lowest BCUT2D eigenvalue weighted by Crippen LogP contribution is -2.41. The predicted octanol–water partition coefficient (Wildman–Crippen LogP) is 2.33. The third-order valence-electron chi connectivity index (χ3n) is 3.22. The van der Waals surface area contributed by atoms with Gasteiger partial charge in [-0.1, -0.05) is 38.1 Å². The second-order valence-corrected chi connectivity index (χ2v) is 5.08. The van der Waals surface area contributed by atoms with Gasteiger partial charge in [-0.05, 0) is 23.5 Å². The fourth-order valence-corrected chi connectivity index (χ4v) is 2.57. The van der Waals surface area contributed by atoms with Crippen LogP contribution in [0.15, 0.2) is 24.3 Å². The molecule has 0 saturated carbocycles. The molecule has 1 atom stereocenters. The van der Waals surface area contributed by atoms with Gasteiger partial charge in [-0.15, -0.1) is 0 Å². The molecule has 1 aromatic carbocycles. The topological polar surface area (TPSA) is 40.5 Å². The van der Waals surface area contributed by atoms with Crippen molar-refractivity contribution in [3.8, 4) is 0 Å². The third kappa shape index (κ3) is 2.50. The standard InChI is InChI=1S/C14H19NO2/c1-10(2)9-15-8-7-11-5-3-4-6-12(11)13(15)14(16)17/h3-6,10,13H,7-9H2,1-2H3,(H,16,17). The predicted molar refractivity (Wildman–Crippen MR) is 66.9 cm³/mol. The molecule has 17 heavy (non-hydrogen) atoms. The number of carbonyl (C=O) groups is 1. The summed E-state index contributed by atoms with van der Waals surface area (Å²) in [4.78, 5) is 13.5. The Morgan fingerprint density at radius 3 is 2.82 bits per heavy atom. The van der Waals surface area contributed by atoms with Crippen molar-refractivity contribution in [3.63, 3.8) is 0 Å². The highest BCUT2D eigenvalue weighted by Gasteiger charge is 2.32. The molecule has 0 amide bonds. The van der Waals surface area contributed by atoms with Crippen molar-refractivity contribution in [2.24, 2.45) is 5.92 Å². The van der Waals surface area contributed by atoms with Crippen molar-refractivity contribution in [2.45, 2.75) is 26.3 Å². The number of hydrogen-bond donors (Lipinski definition) is 1.